The van der Waals surface area contributed by atoms with Crippen molar-refractivity contribution < 1.29 is 18.0 Å². The molecule has 3 heterocycles. The summed E-state index contributed by atoms with van der Waals surface area (Å²) in [5, 5.41) is 14.1. The number of carbonyl (C=O) groups is 2. The number of aromatic nitrogens is 4. The maximum absolute atomic E-state index is 14.3. The first kappa shape index (κ1) is 29.5. The third kappa shape index (κ3) is 6.42. The van der Waals surface area contributed by atoms with E-state index in [1.807, 2.05) is 12.2 Å². The number of carbonyl (C=O) groups excluding carboxylic acids is 2. The molecule has 0 bridgehead atoms. The molecular weight excluding hydrogens is 692 g/mol. The van der Waals surface area contributed by atoms with Crippen molar-refractivity contribution in [2.45, 2.75) is 63.2 Å². The van der Waals surface area contributed by atoms with Crippen LogP contribution in [0.5, 0.6) is 0 Å². The minimum absolute atomic E-state index is 0.204. The average Bonchev–Trinajstić information content (AvgIpc) is 3.42. The molecule has 2 aliphatic heterocycles. The topological polar surface area (TPSA) is 139 Å². The molecule has 2 N–H and O–H groups in total. The Morgan fingerprint density at radius 1 is 1.15 bits per heavy atom. The number of hydrogen-bond acceptors (Lipinski definition) is 7. The predicted molar refractivity (Wildman–Crippen MR) is 161 cm³/mol. The molecule has 0 aromatic carbocycles. The highest BCUT2D eigenvalue weighted by Gasteiger charge is 2.51. The van der Waals surface area contributed by atoms with Gasteiger partial charge >= 0.3 is 0 Å². The van der Waals surface area contributed by atoms with E-state index in [-0.39, 0.29) is 18.4 Å². The van der Waals surface area contributed by atoms with Gasteiger partial charge in [0.15, 0.2) is 0 Å². The van der Waals surface area contributed by atoms with Crippen LogP contribution in [0.4, 0.5) is 0 Å². The zero-order valence-corrected chi connectivity index (χ0v) is 26.3. The summed E-state index contributed by atoms with van der Waals surface area (Å²) in [6.45, 7) is 0.660. The van der Waals surface area contributed by atoms with Crippen molar-refractivity contribution in [3.05, 3.63) is 50.4 Å². The SMILES string of the molecule is CS(=O)(=O)N[C@H]1CCCC[C@@H]1N1C(=O)C2=CCCC=C2[C@@H](C(=O)NCCn2cnnn2)C1C1=CC=C(Cl)I=C1Cl. The third-order valence-electron chi connectivity index (χ3n) is 7.47. The molecule has 1 saturated carbocycles. The normalized spacial score (nSPS) is 27.3. The Hall–Kier alpha value is -1.94. The van der Waals surface area contributed by atoms with Gasteiger partial charge in [0.25, 0.3) is 5.91 Å². The molecule has 5 rings (SSSR count). The first-order chi connectivity index (χ1) is 19.1. The van der Waals surface area contributed by atoms with Gasteiger partial charge < -0.3 is 10.2 Å². The van der Waals surface area contributed by atoms with Crippen LogP contribution in [0, 0.1) is 5.92 Å². The Labute approximate surface area is 252 Å². The highest BCUT2D eigenvalue weighted by atomic mass is 127. The molecule has 0 radical (unpaired) electrons. The zero-order valence-electron chi connectivity index (χ0n) is 21.8. The Morgan fingerprint density at radius 2 is 1.93 bits per heavy atom. The maximum atomic E-state index is 14.3. The standard InChI is InChI=1S/C25H30Cl2IN7O4S/c1-40(38,39)31-18-8-4-5-9-19(18)35-22(17-10-11-20(26)28-23(17)27)21(15-6-2-3-7-16(15)25(35)37)24(36)29-12-13-34-14-30-32-33-34/h6-7,10-11,14,18-19,21-22,31H,2-5,8-9,12-13H2,1H3,(H,29,36)/t18-,19-,21+,22?/m0/s1. The summed E-state index contributed by atoms with van der Waals surface area (Å²) in [5.74, 6) is -1.19. The highest BCUT2D eigenvalue weighted by Crippen LogP contribution is 2.45. The number of nitrogens with one attached hydrogen (secondary N) is 2. The van der Waals surface area contributed by atoms with Gasteiger partial charge in [0.2, 0.25) is 15.9 Å². The lowest BCUT2D eigenvalue weighted by atomic mass is 9.73. The van der Waals surface area contributed by atoms with Crippen LogP contribution in [0.15, 0.2) is 50.4 Å². The van der Waals surface area contributed by atoms with Gasteiger partial charge in [-0.2, -0.15) is 0 Å². The number of allylic oxidation sites excluding steroid dienone is 4. The Kier molecular flexibility index (Phi) is 9.24. The van der Waals surface area contributed by atoms with Crippen LogP contribution in [0.25, 0.3) is 0 Å². The molecule has 216 valence electrons. The number of sulfonamides is 1. The number of halogens is 3. The second-order valence-electron chi connectivity index (χ2n) is 10.1. The third-order valence-corrected chi connectivity index (χ3v) is 11.5. The summed E-state index contributed by atoms with van der Waals surface area (Å²) >= 11 is 12.3. The molecule has 40 heavy (non-hydrogen) atoms. The van der Waals surface area contributed by atoms with Crippen LogP contribution in [-0.4, -0.2) is 79.2 Å². The molecule has 1 saturated heterocycles. The molecule has 1 unspecified atom stereocenters. The lowest BCUT2D eigenvalue weighted by Crippen LogP contribution is -2.64. The molecule has 1 aromatic rings. The number of nitrogens with zero attached hydrogens (tertiary/aromatic N) is 5. The number of likely N-dealkylation sites (tertiary alicyclic amines) is 1. The molecule has 11 nitrogen and oxygen atoms in total. The Bertz CT molecular complexity index is 1440. The number of hydrogen-bond donors (Lipinski definition) is 2. The quantitative estimate of drug-likeness (QED) is 0.394. The average molecular weight is 722 g/mol. The van der Waals surface area contributed by atoms with Gasteiger partial charge in [-0.05, 0) is 47.8 Å². The van der Waals surface area contributed by atoms with E-state index in [1.165, 1.54) is 11.0 Å². The summed E-state index contributed by atoms with van der Waals surface area (Å²) in [6, 6.07) is -1.65. The van der Waals surface area contributed by atoms with E-state index in [2.05, 4.69) is 25.6 Å². The van der Waals surface area contributed by atoms with Gasteiger partial charge in [0, 0.05) is 29.8 Å². The van der Waals surface area contributed by atoms with E-state index >= 15 is 0 Å². The molecular formula is C25H30Cl2IN7O4S. The summed E-state index contributed by atoms with van der Waals surface area (Å²) in [7, 11) is -3.54. The molecule has 2 fully saturated rings. The zero-order chi connectivity index (χ0) is 28.4. The van der Waals surface area contributed by atoms with Gasteiger partial charge in [0.1, 0.15) is 6.33 Å². The Balaban J connectivity index is 1.58. The number of rotatable bonds is 8. The summed E-state index contributed by atoms with van der Waals surface area (Å²) < 4.78 is 30.2. The molecule has 2 aliphatic carbocycles. The monoisotopic (exact) mass is 721 g/mol. The lowest BCUT2D eigenvalue weighted by molar-refractivity contribution is -0.138. The fraction of sp³-hybridized carbons (Fsp3) is 0.520. The van der Waals surface area contributed by atoms with Crippen molar-refractivity contribution >= 4 is 68.7 Å². The van der Waals surface area contributed by atoms with Gasteiger partial charge in [-0.15, -0.1) is 5.10 Å². The van der Waals surface area contributed by atoms with Crippen LogP contribution in [0.3, 0.4) is 0 Å². The van der Waals surface area contributed by atoms with E-state index in [9.17, 15) is 18.0 Å². The van der Waals surface area contributed by atoms with Gasteiger partial charge in [0.05, 0.1) is 30.8 Å². The van der Waals surface area contributed by atoms with Gasteiger partial charge in [-0.3, -0.25) is 9.59 Å². The smallest absolute Gasteiger partial charge is 0.254 e. The molecule has 4 aliphatic rings. The highest BCUT2D eigenvalue weighted by molar-refractivity contribution is 14.2. The number of tetrazole rings is 1. The second-order valence-corrected chi connectivity index (χ2v) is 16.8. The van der Waals surface area contributed by atoms with Crippen molar-refractivity contribution in [2.24, 2.45) is 5.92 Å². The van der Waals surface area contributed by atoms with Gasteiger partial charge in [-0.1, -0.05) is 75.0 Å². The summed E-state index contributed by atoms with van der Waals surface area (Å²) in [5.41, 5.74) is 1.87. The number of piperidine rings is 1. The van der Waals surface area contributed by atoms with Gasteiger partial charge in [-0.25, -0.2) is 17.8 Å². The molecule has 2 amide bonds. The van der Waals surface area contributed by atoms with E-state index in [0.717, 1.165) is 19.1 Å². The summed E-state index contributed by atoms with van der Waals surface area (Å²) in [6.07, 6.45) is 14.3. The van der Waals surface area contributed by atoms with Crippen molar-refractivity contribution in [1.29, 1.82) is 0 Å². The second kappa shape index (κ2) is 12.5. The van der Waals surface area contributed by atoms with Crippen molar-refractivity contribution in [3.8, 4) is 0 Å². The largest absolute Gasteiger partial charge is 0.354 e. The van der Waals surface area contributed by atoms with Crippen LogP contribution in [-0.2, 0) is 26.2 Å². The van der Waals surface area contributed by atoms with Crippen molar-refractivity contribution in [3.63, 3.8) is 0 Å². The molecule has 4 atom stereocenters. The predicted octanol–water partition coefficient (Wildman–Crippen LogP) is 2.48. The van der Waals surface area contributed by atoms with Crippen LogP contribution in [0.1, 0.15) is 38.5 Å². The van der Waals surface area contributed by atoms with Crippen LogP contribution in [0.2, 0.25) is 0 Å². The van der Waals surface area contributed by atoms with E-state index < -0.39 is 54.8 Å². The maximum Gasteiger partial charge on any atom is 0.254 e. The number of fused-ring (bicyclic) bond motifs is 1. The fourth-order valence-electron chi connectivity index (χ4n) is 5.90. The summed E-state index contributed by atoms with van der Waals surface area (Å²) in [4.78, 5) is 30.1. The van der Waals surface area contributed by atoms with Crippen molar-refractivity contribution in [2.75, 3.05) is 12.8 Å². The number of amides is 2. The lowest BCUT2D eigenvalue weighted by Gasteiger charge is -2.51. The fourth-order valence-corrected chi connectivity index (χ4v) is 9.83. The van der Waals surface area contributed by atoms with Crippen LogP contribution >= 0.6 is 43.9 Å². The molecule has 15 heteroatoms. The molecule has 1 aromatic heterocycles. The van der Waals surface area contributed by atoms with E-state index in [1.54, 1.807) is 17.1 Å². The van der Waals surface area contributed by atoms with E-state index in [4.69, 9.17) is 23.2 Å². The van der Waals surface area contributed by atoms with Crippen molar-refractivity contribution in [1.82, 2.24) is 35.1 Å². The van der Waals surface area contributed by atoms with Crippen LogP contribution < -0.4 is 10.0 Å². The molecule has 0 spiro atoms. The van der Waals surface area contributed by atoms with E-state index in [0.29, 0.717) is 55.0 Å². The minimum atomic E-state index is -3.54. The first-order valence-corrected chi connectivity index (χ1v) is 17.9. The Morgan fingerprint density at radius 3 is 2.65 bits per heavy atom. The minimum Gasteiger partial charge on any atom is -0.354 e. The first-order valence-electron chi connectivity index (χ1n) is 13.1.